The molecule has 0 fully saturated rings. The number of aryl methyl sites for hydroxylation is 1. The molecule has 0 aromatic heterocycles. The van der Waals surface area contributed by atoms with Gasteiger partial charge in [-0.05, 0) is 30.5 Å². The molecule has 3 nitrogen and oxygen atoms in total. The van der Waals surface area contributed by atoms with Gasteiger partial charge in [-0.1, -0.05) is 97.1 Å². The van der Waals surface area contributed by atoms with E-state index in [4.69, 9.17) is 9.79 Å². The van der Waals surface area contributed by atoms with E-state index in [9.17, 15) is 4.57 Å². The minimum absolute atomic E-state index is 0. The largest absolute Gasteiger partial charge is 0.356 e. The standard InChI is InChI=1S/C15H25O3P.C8H17.Nd/c1-2-3-4-5-6-7-8-9-14-10-12-15(13-11-14)19(16,17)18;1-4-6-7-8(3)5-2;/h10-13H,2-9H2,1H3,(H2,16,17,18);8H,3-7H2,1-2H3;/q;-1;. The molecule has 0 radical (unpaired) electrons. The molecule has 0 bridgehead atoms. The van der Waals surface area contributed by atoms with Crippen LogP contribution in [0.5, 0.6) is 0 Å². The second-order valence-corrected chi connectivity index (χ2v) is 9.10. The molecular formula is C23H42NdO3P-. The summed E-state index contributed by atoms with van der Waals surface area (Å²) in [5.74, 6) is 0.704. The Balaban J connectivity index is 0. The summed E-state index contributed by atoms with van der Waals surface area (Å²) in [6, 6.07) is 6.73. The molecule has 1 unspecified atom stereocenters. The maximum absolute atomic E-state index is 11.0. The second-order valence-electron chi connectivity index (χ2n) is 7.50. The fraction of sp³-hybridized carbons (Fsp3) is 0.696. The Hall–Kier alpha value is 0.721. The van der Waals surface area contributed by atoms with Crippen molar-refractivity contribution in [1.29, 1.82) is 0 Å². The van der Waals surface area contributed by atoms with Crippen LogP contribution in [0.2, 0.25) is 0 Å². The summed E-state index contributed by atoms with van der Waals surface area (Å²) in [7, 11) is -4.09. The first-order chi connectivity index (χ1) is 12.8. The molecule has 2 N–H and O–H groups in total. The Bertz CT molecular complexity index is 499. The second kappa shape index (κ2) is 19.7. The van der Waals surface area contributed by atoms with Crippen molar-refractivity contribution in [2.75, 3.05) is 0 Å². The molecule has 0 heterocycles. The molecular weight excluding hydrogens is 499 g/mol. The normalized spacial score (nSPS) is 11.9. The van der Waals surface area contributed by atoms with Crippen molar-refractivity contribution in [2.45, 2.75) is 97.8 Å². The molecule has 0 saturated carbocycles. The Morgan fingerprint density at radius 2 is 1.36 bits per heavy atom. The predicted octanol–water partition coefficient (Wildman–Crippen LogP) is 6.82. The van der Waals surface area contributed by atoms with E-state index in [1.165, 1.54) is 76.3 Å². The van der Waals surface area contributed by atoms with E-state index in [2.05, 4.69) is 27.7 Å². The maximum Gasteiger partial charge on any atom is 0.356 e. The van der Waals surface area contributed by atoms with Crippen molar-refractivity contribution in [1.82, 2.24) is 0 Å². The smallest absolute Gasteiger partial charge is 0.340 e. The molecule has 1 rings (SSSR count). The Morgan fingerprint density at radius 3 is 1.82 bits per heavy atom. The van der Waals surface area contributed by atoms with Gasteiger partial charge >= 0.3 is 7.60 Å². The molecule has 1 aromatic rings. The summed E-state index contributed by atoms with van der Waals surface area (Å²) < 4.78 is 11.0. The van der Waals surface area contributed by atoms with E-state index >= 15 is 0 Å². The average Bonchev–Trinajstić information content (AvgIpc) is 2.65. The Kier molecular flexibility index (Phi) is 21.7. The van der Waals surface area contributed by atoms with Gasteiger partial charge in [-0.25, -0.2) is 0 Å². The van der Waals surface area contributed by atoms with Crippen LogP contribution in [0.25, 0.3) is 0 Å². The SMILES string of the molecule is CCCCCCCCCc1ccc(P(=O)(O)O)cc1.[CH2-]C(CC)CCCC.[Nd]. The molecule has 0 spiro atoms. The third-order valence-corrected chi connectivity index (χ3v) is 5.86. The summed E-state index contributed by atoms with van der Waals surface area (Å²) in [6.07, 6.45) is 15.2. The first-order valence-electron chi connectivity index (χ1n) is 10.8. The van der Waals surface area contributed by atoms with Crippen molar-refractivity contribution >= 4 is 12.9 Å². The number of unbranched alkanes of at least 4 members (excludes halogenated alkanes) is 7. The molecule has 5 heteroatoms. The van der Waals surface area contributed by atoms with Gasteiger partial charge in [-0.2, -0.15) is 5.92 Å². The van der Waals surface area contributed by atoms with Crippen LogP contribution in [0, 0.1) is 53.7 Å². The van der Waals surface area contributed by atoms with Crippen molar-refractivity contribution < 1.29 is 55.2 Å². The van der Waals surface area contributed by atoms with E-state index in [0.29, 0.717) is 5.92 Å². The van der Waals surface area contributed by atoms with Crippen molar-refractivity contribution in [3.8, 4) is 0 Å². The van der Waals surface area contributed by atoms with Gasteiger partial charge in [0.1, 0.15) is 0 Å². The van der Waals surface area contributed by atoms with Crippen LogP contribution < -0.4 is 5.30 Å². The molecule has 0 aliphatic carbocycles. The molecule has 28 heavy (non-hydrogen) atoms. The summed E-state index contributed by atoms with van der Waals surface area (Å²) >= 11 is 0. The van der Waals surface area contributed by atoms with Gasteiger partial charge in [0.2, 0.25) is 0 Å². The van der Waals surface area contributed by atoms with Crippen molar-refractivity contribution in [3.05, 3.63) is 36.8 Å². The molecule has 1 aromatic carbocycles. The van der Waals surface area contributed by atoms with Gasteiger partial charge in [-0.3, -0.25) is 4.57 Å². The number of hydrogen-bond donors (Lipinski definition) is 2. The zero-order valence-corrected chi connectivity index (χ0v) is 22.4. The van der Waals surface area contributed by atoms with Gasteiger partial charge in [0.25, 0.3) is 0 Å². The molecule has 162 valence electrons. The van der Waals surface area contributed by atoms with Crippen LogP contribution in [-0.4, -0.2) is 9.79 Å². The van der Waals surface area contributed by atoms with Crippen LogP contribution in [0.15, 0.2) is 24.3 Å². The summed E-state index contributed by atoms with van der Waals surface area (Å²) in [6.45, 7) is 10.6. The molecule has 0 amide bonds. The maximum atomic E-state index is 11.0. The Morgan fingerprint density at radius 1 is 0.857 bits per heavy atom. The third kappa shape index (κ3) is 17.6. The van der Waals surface area contributed by atoms with Crippen molar-refractivity contribution in [3.63, 3.8) is 0 Å². The summed E-state index contributed by atoms with van der Waals surface area (Å²) in [5, 5.41) is 0.107. The minimum Gasteiger partial charge on any atom is -0.340 e. The van der Waals surface area contributed by atoms with E-state index in [1.54, 1.807) is 0 Å². The van der Waals surface area contributed by atoms with Crippen molar-refractivity contribution in [2.24, 2.45) is 5.92 Å². The van der Waals surface area contributed by atoms with Crippen LogP contribution in [0.3, 0.4) is 0 Å². The third-order valence-electron chi connectivity index (χ3n) is 4.88. The first kappa shape index (κ1) is 30.9. The quantitative estimate of drug-likeness (QED) is 0.164. The predicted molar refractivity (Wildman–Crippen MR) is 118 cm³/mol. The first-order valence-corrected chi connectivity index (χ1v) is 12.4. The summed E-state index contributed by atoms with van der Waals surface area (Å²) in [5.41, 5.74) is 1.16. The van der Waals surface area contributed by atoms with E-state index < -0.39 is 7.60 Å². The monoisotopic (exact) mass is 539 g/mol. The fourth-order valence-electron chi connectivity index (χ4n) is 2.84. The van der Waals surface area contributed by atoms with Gasteiger partial charge in [-0.15, -0.1) is 0 Å². The van der Waals surface area contributed by atoms with E-state index in [-0.39, 0.29) is 46.1 Å². The minimum atomic E-state index is -4.09. The van der Waals surface area contributed by atoms with Crippen LogP contribution in [0.4, 0.5) is 0 Å². The molecule has 0 aliphatic rings. The Labute approximate surface area is 207 Å². The van der Waals surface area contributed by atoms with E-state index in [0.717, 1.165) is 18.4 Å². The van der Waals surface area contributed by atoms with Crippen LogP contribution in [-0.2, 0) is 11.0 Å². The fourth-order valence-corrected chi connectivity index (χ4v) is 3.38. The van der Waals surface area contributed by atoms with Crippen LogP contribution in [0.1, 0.15) is 97.0 Å². The van der Waals surface area contributed by atoms with Gasteiger partial charge in [0.15, 0.2) is 0 Å². The van der Waals surface area contributed by atoms with Crippen LogP contribution >= 0.6 is 7.60 Å². The number of rotatable bonds is 13. The van der Waals surface area contributed by atoms with Gasteiger partial charge < -0.3 is 16.7 Å². The average molecular weight is 542 g/mol. The molecule has 1 atom stereocenters. The number of benzene rings is 1. The number of hydrogen-bond acceptors (Lipinski definition) is 1. The topological polar surface area (TPSA) is 57.5 Å². The molecule has 0 saturated heterocycles. The zero-order chi connectivity index (χ0) is 20.5. The zero-order valence-electron chi connectivity index (χ0n) is 18.3. The van der Waals surface area contributed by atoms with E-state index in [1.807, 2.05) is 12.1 Å². The van der Waals surface area contributed by atoms with Gasteiger partial charge in [0, 0.05) is 40.8 Å². The van der Waals surface area contributed by atoms with Gasteiger partial charge in [0.05, 0.1) is 5.30 Å². The molecule has 0 aliphatic heterocycles. The summed E-state index contributed by atoms with van der Waals surface area (Å²) in [4.78, 5) is 18.0.